The number of aromatic amines is 1. The van der Waals surface area contributed by atoms with Crippen molar-refractivity contribution < 1.29 is 14.6 Å². The highest BCUT2D eigenvalue weighted by Crippen LogP contribution is 2.23. The van der Waals surface area contributed by atoms with E-state index in [-0.39, 0.29) is 11.3 Å². The molecular formula is C21H21N3O4. The van der Waals surface area contributed by atoms with Crippen molar-refractivity contribution in [1.29, 1.82) is 0 Å². The number of nitrogens with zero attached hydrogens (tertiary/aromatic N) is 2. The molecule has 0 aliphatic heterocycles. The molecule has 0 fully saturated rings. The van der Waals surface area contributed by atoms with Crippen LogP contribution in [-0.4, -0.2) is 25.8 Å². The molecule has 2 heterocycles. The van der Waals surface area contributed by atoms with E-state index >= 15 is 0 Å². The van der Waals surface area contributed by atoms with Crippen LogP contribution in [0.4, 0.5) is 0 Å². The number of benzene rings is 1. The Hall–Kier alpha value is -3.35. The van der Waals surface area contributed by atoms with Gasteiger partial charge in [-0.1, -0.05) is 18.2 Å². The lowest BCUT2D eigenvalue weighted by Gasteiger charge is -2.13. The smallest absolute Gasteiger partial charge is 0.341 e. The van der Waals surface area contributed by atoms with Crippen molar-refractivity contribution in [3.8, 4) is 11.5 Å². The van der Waals surface area contributed by atoms with Crippen molar-refractivity contribution in [2.75, 3.05) is 0 Å². The summed E-state index contributed by atoms with van der Waals surface area (Å²) in [7, 11) is 0. The quantitative estimate of drug-likeness (QED) is 0.686. The Morgan fingerprint density at radius 2 is 1.96 bits per heavy atom. The van der Waals surface area contributed by atoms with Crippen molar-refractivity contribution in [2.24, 2.45) is 0 Å². The van der Waals surface area contributed by atoms with Crippen LogP contribution in [0.1, 0.15) is 40.2 Å². The van der Waals surface area contributed by atoms with Gasteiger partial charge in [-0.3, -0.25) is 9.89 Å². The van der Waals surface area contributed by atoms with Crippen LogP contribution in [-0.2, 0) is 25.8 Å². The Kier molecular flexibility index (Phi) is 4.97. The monoisotopic (exact) mass is 379 g/mol. The maximum atomic E-state index is 12.5. The van der Waals surface area contributed by atoms with Gasteiger partial charge in [-0.2, -0.15) is 5.10 Å². The molecule has 0 radical (unpaired) electrons. The fraction of sp³-hybridized carbons (Fsp3) is 0.286. The number of aromatic carboxylic acids is 1. The zero-order valence-corrected chi connectivity index (χ0v) is 15.4. The molecule has 0 bridgehead atoms. The number of rotatable bonds is 6. The summed E-state index contributed by atoms with van der Waals surface area (Å²) in [5.74, 6) is -0.792. The molecule has 144 valence electrons. The number of aromatic nitrogens is 3. The molecule has 2 N–H and O–H groups in total. The standard InChI is InChI=1S/C21H21N3O4/c25-20-16(21(26)27)12-24(13-19(20)28-14-6-2-1-3-7-14)11-10-18-15-8-4-5-9-17(15)22-23-18/h1-3,6-7,12-13H,4-5,8-11H2,(H,22,23)(H,26,27). The maximum absolute atomic E-state index is 12.5. The van der Waals surface area contributed by atoms with E-state index in [4.69, 9.17) is 4.74 Å². The largest absolute Gasteiger partial charge is 0.477 e. The normalized spacial score (nSPS) is 13.1. The summed E-state index contributed by atoms with van der Waals surface area (Å²) in [5, 5.41) is 17.0. The predicted molar refractivity (Wildman–Crippen MR) is 103 cm³/mol. The molecular weight excluding hydrogens is 358 g/mol. The number of carbonyl (C=O) groups is 1. The van der Waals surface area contributed by atoms with Gasteiger partial charge in [0.25, 0.3) is 0 Å². The highest BCUT2D eigenvalue weighted by molar-refractivity contribution is 5.87. The van der Waals surface area contributed by atoms with Crippen LogP contribution < -0.4 is 10.2 Å². The second kappa shape index (κ2) is 7.72. The van der Waals surface area contributed by atoms with Gasteiger partial charge in [0.15, 0.2) is 5.75 Å². The molecule has 2 aromatic heterocycles. The van der Waals surface area contributed by atoms with Gasteiger partial charge in [-0.05, 0) is 43.4 Å². The number of carboxylic acids is 1. The number of hydrogen-bond donors (Lipinski definition) is 2. The molecule has 7 nitrogen and oxygen atoms in total. The van der Waals surface area contributed by atoms with Crippen LogP contribution in [0, 0.1) is 0 Å². The van der Waals surface area contributed by atoms with Crippen molar-refractivity contribution >= 4 is 5.97 Å². The fourth-order valence-electron chi connectivity index (χ4n) is 3.56. The number of fused-ring (bicyclic) bond motifs is 1. The van der Waals surface area contributed by atoms with Crippen molar-refractivity contribution in [1.82, 2.24) is 14.8 Å². The summed E-state index contributed by atoms with van der Waals surface area (Å²) in [6.07, 6.45) is 7.96. The topological polar surface area (TPSA) is 97.2 Å². The van der Waals surface area contributed by atoms with E-state index in [1.165, 1.54) is 23.9 Å². The van der Waals surface area contributed by atoms with Gasteiger partial charge in [0.1, 0.15) is 11.3 Å². The number of carboxylic acid groups (broad SMARTS) is 1. The summed E-state index contributed by atoms with van der Waals surface area (Å²) in [5.41, 5.74) is 2.56. The molecule has 0 atom stereocenters. The lowest BCUT2D eigenvalue weighted by Crippen LogP contribution is -2.20. The van der Waals surface area contributed by atoms with Gasteiger partial charge < -0.3 is 14.4 Å². The number of hydrogen-bond acceptors (Lipinski definition) is 4. The fourth-order valence-corrected chi connectivity index (χ4v) is 3.56. The second-order valence-electron chi connectivity index (χ2n) is 6.91. The summed E-state index contributed by atoms with van der Waals surface area (Å²) in [6, 6.07) is 8.84. The number of H-pyrrole nitrogens is 1. The molecule has 0 unspecified atom stereocenters. The highest BCUT2D eigenvalue weighted by Gasteiger charge is 2.18. The first-order chi connectivity index (χ1) is 13.6. The van der Waals surface area contributed by atoms with E-state index in [2.05, 4.69) is 10.2 Å². The van der Waals surface area contributed by atoms with Crippen LogP contribution in [0.15, 0.2) is 47.5 Å². The predicted octanol–water partition coefficient (Wildman–Crippen LogP) is 3.18. The van der Waals surface area contributed by atoms with Crippen LogP contribution >= 0.6 is 0 Å². The van der Waals surface area contributed by atoms with Crippen LogP contribution in [0.5, 0.6) is 11.5 Å². The first-order valence-electron chi connectivity index (χ1n) is 9.37. The molecule has 4 rings (SSSR count). The molecule has 1 aliphatic rings. The molecule has 7 heteroatoms. The summed E-state index contributed by atoms with van der Waals surface area (Å²) in [4.78, 5) is 24.0. The zero-order valence-electron chi connectivity index (χ0n) is 15.4. The minimum absolute atomic E-state index is 0.00448. The molecule has 3 aromatic rings. The third kappa shape index (κ3) is 3.69. The Balaban J connectivity index is 1.60. The van der Waals surface area contributed by atoms with E-state index in [0.717, 1.165) is 25.0 Å². The third-order valence-corrected chi connectivity index (χ3v) is 5.00. The Labute approximate surface area is 161 Å². The first-order valence-corrected chi connectivity index (χ1v) is 9.37. The van der Waals surface area contributed by atoms with Crippen molar-refractivity contribution in [2.45, 2.75) is 38.6 Å². The number of ether oxygens (including phenoxy) is 1. The van der Waals surface area contributed by atoms with Gasteiger partial charge in [0.2, 0.25) is 5.43 Å². The van der Waals surface area contributed by atoms with Gasteiger partial charge >= 0.3 is 5.97 Å². The number of pyridine rings is 1. The van der Waals surface area contributed by atoms with Crippen molar-refractivity contribution in [3.05, 3.63) is 75.5 Å². The van der Waals surface area contributed by atoms with Gasteiger partial charge in [-0.25, -0.2) is 4.79 Å². The van der Waals surface area contributed by atoms with E-state index in [1.54, 1.807) is 35.0 Å². The zero-order chi connectivity index (χ0) is 19.5. The third-order valence-electron chi connectivity index (χ3n) is 5.00. The molecule has 1 aliphatic carbocycles. The Morgan fingerprint density at radius 1 is 1.18 bits per heavy atom. The number of aryl methyl sites for hydroxylation is 3. The second-order valence-corrected chi connectivity index (χ2v) is 6.91. The van der Waals surface area contributed by atoms with Crippen LogP contribution in [0.2, 0.25) is 0 Å². The minimum atomic E-state index is -1.27. The van der Waals surface area contributed by atoms with Gasteiger partial charge in [0, 0.05) is 24.9 Å². The van der Waals surface area contributed by atoms with E-state index in [9.17, 15) is 14.7 Å². The SMILES string of the molecule is O=C(O)c1cn(CCc2n[nH]c3c2CCCC3)cc(Oc2ccccc2)c1=O. The van der Waals surface area contributed by atoms with Crippen LogP contribution in [0.3, 0.4) is 0 Å². The van der Waals surface area contributed by atoms with E-state index in [1.807, 2.05) is 6.07 Å². The first kappa shape index (κ1) is 18.0. The summed E-state index contributed by atoms with van der Waals surface area (Å²) < 4.78 is 7.34. The average molecular weight is 379 g/mol. The summed E-state index contributed by atoms with van der Waals surface area (Å²) in [6.45, 7) is 0.503. The Morgan fingerprint density at radius 3 is 2.75 bits per heavy atom. The molecule has 0 spiro atoms. The number of para-hydroxylation sites is 1. The lowest BCUT2D eigenvalue weighted by molar-refractivity contribution is 0.0694. The molecule has 1 aromatic carbocycles. The number of nitrogens with one attached hydrogen (secondary N) is 1. The molecule has 0 amide bonds. The lowest BCUT2D eigenvalue weighted by atomic mass is 9.95. The Bertz CT molecular complexity index is 1050. The van der Waals surface area contributed by atoms with E-state index < -0.39 is 11.4 Å². The molecule has 0 saturated carbocycles. The van der Waals surface area contributed by atoms with E-state index in [0.29, 0.717) is 18.7 Å². The minimum Gasteiger partial charge on any atom is -0.477 e. The van der Waals surface area contributed by atoms with Crippen LogP contribution in [0.25, 0.3) is 0 Å². The van der Waals surface area contributed by atoms with Gasteiger partial charge in [0.05, 0.1) is 11.9 Å². The molecule has 28 heavy (non-hydrogen) atoms. The maximum Gasteiger partial charge on any atom is 0.341 e. The highest BCUT2D eigenvalue weighted by atomic mass is 16.5. The van der Waals surface area contributed by atoms with Gasteiger partial charge in [-0.15, -0.1) is 0 Å². The van der Waals surface area contributed by atoms with Crippen molar-refractivity contribution in [3.63, 3.8) is 0 Å². The molecule has 0 saturated heterocycles. The summed E-state index contributed by atoms with van der Waals surface area (Å²) >= 11 is 0. The average Bonchev–Trinajstić information content (AvgIpc) is 3.12.